The molecule has 122 valence electrons. The van der Waals surface area contributed by atoms with E-state index in [0.29, 0.717) is 0 Å². The molecule has 3 rings (SSSR count). The highest BCUT2D eigenvalue weighted by Gasteiger charge is 2.17. The van der Waals surface area contributed by atoms with Crippen molar-refractivity contribution >= 4 is 11.8 Å². The average molecular weight is 313 g/mol. The number of hydrogen-bond donors (Lipinski definition) is 2. The summed E-state index contributed by atoms with van der Waals surface area (Å²) in [4.78, 5) is 13.4. The third kappa shape index (κ3) is 3.37. The van der Waals surface area contributed by atoms with E-state index >= 15 is 0 Å². The van der Waals surface area contributed by atoms with E-state index in [-0.39, 0.29) is 11.7 Å². The third-order valence-electron chi connectivity index (χ3n) is 4.30. The molecule has 6 nitrogen and oxygen atoms in total. The Morgan fingerprint density at radius 2 is 1.87 bits per heavy atom. The summed E-state index contributed by atoms with van der Waals surface area (Å²) in [5.74, 6) is 1.43. The molecular formula is C17H23N5O. The Hall–Kier alpha value is -2.34. The first kappa shape index (κ1) is 15.6. The number of nitrogen functional groups attached to an aromatic ring is 1. The second-order valence-electron chi connectivity index (χ2n) is 5.95. The molecule has 0 radical (unpaired) electrons. The number of nitrogens with two attached hydrogens (primary N) is 1. The van der Waals surface area contributed by atoms with E-state index < -0.39 is 0 Å². The van der Waals surface area contributed by atoms with Crippen molar-refractivity contribution in [1.29, 1.82) is 0 Å². The molecule has 0 spiro atoms. The van der Waals surface area contributed by atoms with Crippen LogP contribution >= 0.6 is 0 Å². The van der Waals surface area contributed by atoms with E-state index in [1.807, 2.05) is 12.1 Å². The number of likely N-dealkylation sites (N-methyl/N-ethyl adjacent to an activating group) is 1. The van der Waals surface area contributed by atoms with Crippen molar-refractivity contribution in [2.75, 3.05) is 43.9 Å². The first-order valence-electron chi connectivity index (χ1n) is 7.97. The summed E-state index contributed by atoms with van der Waals surface area (Å²) in [5.41, 5.74) is 8.80. The molecule has 2 aromatic rings. The van der Waals surface area contributed by atoms with Gasteiger partial charge >= 0.3 is 0 Å². The maximum absolute atomic E-state index is 9.68. The number of phenolic OH excluding ortho intramolecular Hbond substituents is 1. The van der Waals surface area contributed by atoms with Gasteiger partial charge in [-0.05, 0) is 37.2 Å². The van der Waals surface area contributed by atoms with Crippen molar-refractivity contribution in [2.45, 2.75) is 13.3 Å². The van der Waals surface area contributed by atoms with Crippen LogP contribution in [0.3, 0.4) is 0 Å². The molecule has 3 N–H and O–H groups in total. The summed E-state index contributed by atoms with van der Waals surface area (Å²) < 4.78 is 0. The molecular weight excluding hydrogens is 290 g/mol. The molecule has 0 saturated carbocycles. The number of rotatable bonds is 3. The number of aromatic nitrogens is 2. The van der Waals surface area contributed by atoms with Crippen LogP contribution in [0.25, 0.3) is 11.3 Å². The normalized spacial score (nSPS) is 15.8. The molecule has 1 saturated heterocycles. The highest BCUT2D eigenvalue weighted by Crippen LogP contribution is 2.29. The third-order valence-corrected chi connectivity index (χ3v) is 4.30. The number of hydrogen-bond acceptors (Lipinski definition) is 6. The molecule has 0 amide bonds. The lowest BCUT2D eigenvalue weighted by atomic mass is 10.0. The van der Waals surface area contributed by atoms with Crippen molar-refractivity contribution in [3.63, 3.8) is 0 Å². The zero-order valence-corrected chi connectivity index (χ0v) is 13.7. The standard InChI is InChI=1S/C17H23N5O/c1-3-12-10-13(23)4-5-14(12)15-11-16(20-17(18)19-15)22-8-6-21(2)7-9-22/h4-5,10-11,23H,3,6-9H2,1-2H3,(H2,18,19,20). The minimum atomic E-state index is 0.270. The predicted molar refractivity (Wildman–Crippen MR) is 92.6 cm³/mol. The minimum absolute atomic E-state index is 0.270. The number of piperazine rings is 1. The van der Waals surface area contributed by atoms with Gasteiger partial charge in [-0.1, -0.05) is 6.92 Å². The zero-order chi connectivity index (χ0) is 16.4. The highest BCUT2D eigenvalue weighted by atomic mass is 16.3. The van der Waals surface area contributed by atoms with Gasteiger partial charge in [-0.25, -0.2) is 4.98 Å². The minimum Gasteiger partial charge on any atom is -0.508 e. The van der Waals surface area contributed by atoms with Gasteiger partial charge < -0.3 is 20.6 Å². The fourth-order valence-corrected chi connectivity index (χ4v) is 2.91. The van der Waals surface area contributed by atoms with Gasteiger partial charge in [0.05, 0.1) is 5.69 Å². The van der Waals surface area contributed by atoms with Crippen molar-refractivity contribution in [3.8, 4) is 17.0 Å². The van der Waals surface area contributed by atoms with Crippen molar-refractivity contribution in [3.05, 3.63) is 29.8 Å². The van der Waals surface area contributed by atoms with Crippen molar-refractivity contribution in [1.82, 2.24) is 14.9 Å². The summed E-state index contributed by atoms with van der Waals surface area (Å²) in [7, 11) is 2.13. The Bertz CT molecular complexity index is 695. The van der Waals surface area contributed by atoms with Gasteiger partial charge in [0.25, 0.3) is 0 Å². The van der Waals surface area contributed by atoms with Gasteiger partial charge in [0, 0.05) is 37.8 Å². The van der Waals surface area contributed by atoms with Crippen LogP contribution in [0, 0.1) is 0 Å². The molecule has 0 aliphatic carbocycles. The Kier molecular flexibility index (Phi) is 4.34. The van der Waals surface area contributed by atoms with Crippen LogP contribution in [-0.2, 0) is 6.42 Å². The predicted octanol–water partition coefficient (Wildman–Crippen LogP) is 1.75. The lowest BCUT2D eigenvalue weighted by Crippen LogP contribution is -2.44. The molecule has 1 fully saturated rings. The number of aryl methyl sites for hydroxylation is 1. The molecule has 23 heavy (non-hydrogen) atoms. The molecule has 2 heterocycles. The quantitative estimate of drug-likeness (QED) is 0.899. The van der Waals surface area contributed by atoms with E-state index in [1.54, 1.807) is 12.1 Å². The largest absolute Gasteiger partial charge is 0.508 e. The molecule has 6 heteroatoms. The van der Waals surface area contributed by atoms with E-state index in [9.17, 15) is 5.11 Å². The average Bonchev–Trinajstić information content (AvgIpc) is 2.54. The fourth-order valence-electron chi connectivity index (χ4n) is 2.91. The van der Waals surface area contributed by atoms with Crippen LogP contribution < -0.4 is 10.6 Å². The first-order valence-corrected chi connectivity index (χ1v) is 7.97. The van der Waals surface area contributed by atoms with E-state index in [1.165, 1.54) is 0 Å². The highest BCUT2D eigenvalue weighted by molar-refractivity contribution is 5.68. The van der Waals surface area contributed by atoms with E-state index in [2.05, 4.69) is 33.7 Å². The second-order valence-corrected chi connectivity index (χ2v) is 5.95. The molecule has 0 bridgehead atoms. The first-order chi connectivity index (χ1) is 11.1. The number of benzene rings is 1. The molecule has 1 aliphatic heterocycles. The van der Waals surface area contributed by atoms with E-state index in [0.717, 1.165) is 55.2 Å². The monoisotopic (exact) mass is 313 g/mol. The molecule has 0 unspecified atom stereocenters. The maximum Gasteiger partial charge on any atom is 0.222 e. The maximum atomic E-state index is 9.68. The van der Waals surface area contributed by atoms with Gasteiger partial charge in [-0.15, -0.1) is 0 Å². The van der Waals surface area contributed by atoms with Crippen LogP contribution in [0.2, 0.25) is 0 Å². The number of aromatic hydroxyl groups is 1. The summed E-state index contributed by atoms with van der Waals surface area (Å²) in [6, 6.07) is 7.35. The molecule has 1 aliphatic rings. The second kappa shape index (κ2) is 6.42. The van der Waals surface area contributed by atoms with Crippen molar-refractivity contribution in [2.24, 2.45) is 0 Å². The smallest absolute Gasteiger partial charge is 0.222 e. The summed E-state index contributed by atoms with van der Waals surface area (Å²) in [5, 5.41) is 9.68. The Morgan fingerprint density at radius 3 is 2.57 bits per heavy atom. The van der Waals surface area contributed by atoms with Gasteiger partial charge in [-0.2, -0.15) is 4.98 Å². The van der Waals surface area contributed by atoms with Gasteiger partial charge in [0.2, 0.25) is 5.95 Å². The van der Waals surface area contributed by atoms with Crippen LogP contribution in [0.5, 0.6) is 5.75 Å². The molecule has 1 aromatic heterocycles. The Labute approximate surface area is 136 Å². The lowest BCUT2D eigenvalue weighted by Gasteiger charge is -2.33. The Morgan fingerprint density at radius 1 is 1.13 bits per heavy atom. The molecule has 0 atom stereocenters. The fraction of sp³-hybridized carbons (Fsp3) is 0.412. The number of nitrogens with zero attached hydrogens (tertiary/aromatic N) is 4. The molecule has 1 aromatic carbocycles. The summed E-state index contributed by atoms with van der Waals surface area (Å²) >= 11 is 0. The van der Waals surface area contributed by atoms with Gasteiger partial charge in [0.15, 0.2) is 0 Å². The summed E-state index contributed by atoms with van der Waals surface area (Å²) in [6.07, 6.45) is 0.817. The van der Waals surface area contributed by atoms with Crippen LogP contribution in [0.15, 0.2) is 24.3 Å². The van der Waals surface area contributed by atoms with Crippen LogP contribution in [0.1, 0.15) is 12.5 Å². The van der Waals surface area contributed by atoms with Crippen LogP contribution in [0.4, 0.5) is 11.8 Å². The van der Waals surface area contributed by atoms with Crippen LogP contribution in [-0.4, -0.2) is 53.2 Å². The Balaban J connectivity index is 1.98. The van der Waals surface area contributed by atoms with Crippen molar-refractivity contribution < 1.29 is 5.11 Å². The number of anilines is 2. The summed E-state index contributed by atoms with van der Waals surface area (Å²) in [6.45, 7) is 5.95. The van der Waals surface area contributed by atoms with E-state index in [4.69, 9.17) is 5.73 Å². The SMILES string of the molecule is CCc1cc(O)ccc1-c1cc(N2CCN(C)CC2)nc(N)n1. The van der Waals surface area contributed by atoms with Gasteiger partial charge in [-0.3, -0.25) is 0 Å². The lowest BCUT2D eigenvalue weighted by molar-refractivity contribution is 0.312. The topological polar surface area (TPSA) is 78.5 Å². The number of phenols is 1. The van der Waals surface area contributed by atoms with Gasteiger partial charge in [0.1, 0.15) is 11.6 Å². The zero-order valence-electron chi connectivity index (χ0n) is 13.7.